The van der Waals surface area contributed by atoms with Crippen molar-refractivity contribution < 1.29 is 14.6 Å². The number of aliphatic hydroxyl groups excluding tert-OH is 1. The Kier molecular flexibility index (Phi) is 6.67. The summed E-state index contributed by atoms with van der Waals surface area (Å²) in [6.07, 6.45) is -0.244. The second-order valence-corrected chi connectivity index (χ2v) is 7.52. The van der Waals surface area contributed by atoms with Gasteiger partial charge in [0.05, 0.1) is 30.3 Å². The summed E-state index contributed by atoms with van der Waals surface area (Å²) in [5.41, 5.74) is 3.52. The quantitative estimate of drug-likeness (QED) is 0.341. The van der Waals surface area contributed by atoms with E-state index in [-0.39, 0.29) is 18.6 Å². The first-order valence-electron chi connectivity index (χ1n) is 10.5. The van der Waals surface area contributed by atoms with E-state index < -0.39 is 6.10 Å². The molecular weight excluding hydrogens is 404 g/mol. The van der Waals surface area contributed by atoms with Gasteiger partial charge in [0.2, 0.25) is 0 Å². The summed E-state index contributed by atoms with van der Waals surface area (Å²) in [6, 6.07) is 23.9. The summed E-state index contributed by atoms with van der Waals surface area (Å²) in [7, 11) is 1.63. The van der Waals surface area contributed by atoms with Crippen LogP contribution >= 0.6 is 0 Å². The molecule has 2 amide bonds. The molecule has 1 heterocycles. The van der Waals surface area contributed by atoms with Crippen LogP contribution in [0.1, 0.15) is 29.1 Å². The number of amides is 2. The number of hydrogen-bond donors (Lipinski definition) is 4. The number of H-pyrrole nitrogens is 1. The molecule has 32 heavy (non-hydrogen) atoms. The van der Waals surface area contributed by atoms with Gasteiger partial charge in [-0.1, -0.05) is 54.6 Å². The van der Waals surface area contributed by atoms with Crippen LogP contribution in [0.2, 0.25) is 0 Å². The van der Waals surface area contributed by atoms with Crippen molar-refractivity contribution in [3.63, 3.8) is 0 Å². The molecule has 0 aliphatic carbocycles. The molecule has 3 aromatic carbocycles. The number of benzene rings is 3. The number of urea groups is 1. The van der Waals surface area contributed by atoms with E-state index in [1.54, 1.807) is 7.11 Å². The first kappa shape index (κ1) is 21.4. The fourth-order valence-corrected chi connectivity index (χ4v) is 3.54. The number of methoxy groups -OCH3 is 1. The number of nitrogens with one attached hydrogen (secondary N) is 3. The Hall–Kier alpha value is -3.84. The standard InChI is InChI=1S/C25H26N4O3/c1-32-19-13-11-17(12-14-19)15-22(24-27-20-9-5-6-10-21(20)28-24)29-25(31)26-16-23(30)18-7-3-2-4-8-18/h2-14,22-23,30H,15-16H2,1H3,(H,27,28)(H2,26,29,31)/t22-,23-/m1/s1. The molecule has 4 rings (SSSR count). The molecule has 4 N–H and O–H groups in total. The van der Waals surface area contributed by atoms with Crippen LogP contribution in [0, 0.1) is 0 Å². The first-order valence-corrected chi connectivity index (χ1v) is 10.5. The van der Waals surface area contributed by atoms with Crippen molar-refractivity contribution >= 4 is 17.1 Å². The van der Waals surface area contributed by atoms with Crippen molar-refractivity contribution in [1.29, 1.82) is 0 Å². The van der Waals surface area contributed by atoms with E-state index in [1.807, 2.05) is 78.9 Å². The Morgan fingerprint density at radius 3 is 2.47 bits per heavy atom. The molecule has 1 aromatic heterocycles. The molecule has 0 aliphatic heterocycles. The summed E-state index contributed by atoms with van der Waals surface area (Å²) in [4.78, 5) is 20.6. The Morgan fingerprint density at radius 1 is 1.03 bits per heavy atom. The van der Waals surface area contributed by atoms with Gasteiger partial charge in [-0.05, 0) is 41.8 Å². The third-order valence-corrected chi connectivity index (χ3v) is 5.28. The normalized spacial score (nSPS) is 12.8. The second kappa shape index (κ2) is 9.98. The molecule has 164 valence electrons. The Morgan fingerprint density at radius 2 is 1.75 bits per heavy atom. The van der Waals surface area contributed by atoms with Crippen molar-refractivity contribution in [2.75, 3.05) is 13.7 Å². The molecule has 7 heteroatoms. The van der Waals surface area contributed by atoms with Crippen LogP contribution in [0.3, 0.4) is 0 Å². The maximum atomic E-state index is 12.7. The van der Waals surface area contributed by atoms with Gasteiger partial charge in [-0.3, -0.25) is 0 Å². The number of hydrogen-bond acceptors (Lipinski definition) is 4. The molecule has 0 spiro atoms. The predicted molar refractivity (Wildman–Crippen MR) is 123 cm³/mol. The molecule has 0 radical (unpaired) electrons. The molecule has 0 saturated carbocycles. The Bertz CT molecular complexity index is 1130. The molecule has 0 unspecified atom stereocenters. The summed E-state index contributed by atoms with van der Waals surface area (Å²) >= 11 is 0. The molecule has 2 atom stereocenters. The predicted octanol–water partition coefficient (Wildman–Crippen LogP) is 3.89. The fourth-order valence-electron chi connectivity index (χ4n) is 3.54. The maximum absolute atomic E-state index is 12.7. The number of aliphatic hydroxyl groups is 1. The van der Waals surface area contributed by atoms with Crippen LogP contribution in [-0.4, -0.2) is 34.8 Å². The number of imidazole rings is 1. The molecule has 0 saturated heterocycles. The molecular formula is C25H26N4O3. The highest BCUT2D eigenvalue weighted by atomic mass is 16.5. The third kappa shape index (κ3) is 5.25. The monoisotopic (exact) mass is 430 g/mol. The lowest BCUT2D eigenvalue weighted by Gasteiger charge is -2.19. The van der Waals surface area contributed by atoms with E-state index in [2.05, 4.69) is 20.6 Å². The average Bonchev–Trinajstić information content (AvgIpc) is 3.27. The molecule has 0 aliphatic rings. The van der Waals surface area contributed by atoms with E-state index >= 15 is 0 Å². The highest BCUT2D eigenvalue weighted by Crippen LogP contribution is 2.21. The second-order valence-electron chi connectivity index (χ2n) is 7.52. The first-order chi connectivity index (χ1) is 15.6. The lowest BCUT2D eigenvalue weighted by atomic mass is 10.1. The van der Waals surface area contributed by atoms with Crippen molar-refractivity contribution in [3.05, 3.63) is 95.8 Å². The number of aromatic amines is 1. The van der Waals surface area contributed by atoms with E-state index in [0.29, 0.717) is 12.2 Å². The molecule has 0 fully saturated rings. The van der Waals surface area contributed by atoms with Gasteiger partial charge in [-0.25, -0.2) is 9.78 Å². The SMILES string of the molecule is COc1ccc(C[C@@H](NC(=O)NC[C@@H](O)c2ccccc2)c2nc3ccccc3[nH]2)cc1. The largest absolute Gasteiger partial charge is 0.497 e. The van der Waals surface area contributed by atoms with Crippen LogP contribution < -0.4 is 15.4 Å². The zero-order valence-corrected chi connectivity index (χ0v) is 17.8. The number of nitrogens with zero attached hydrogens (tertiary/aromatic N) is 1. The smallest absolute Gasteiger partial charge is 0.315 e. The van der Waals surface area contributed by atoms with Crippen molar-refractivity contribution in [2.45, 2.75) is 18.6 Å². The Balaban J connectivity index is 1.48. The van der Waals surface area contributed by atoms with Gasteiger partial charge in [-0.2, -0.15) is 0 Å². The number of para-hydroxylation sites is 2. The highest BCUT2D eigenvalue weighted by molar-refractivity contribution is 5.76. The Labute approximate surface area is 186 Å². The number of rotatable bonds is 8. The molecule has 4 aromatic rings. The van der Waals surface area contributed by atoms with Crippen LogP contribution in [0.25, 0.3) is 11.0 Å². The molecule has 0 bridgehead atoms. The average molecular weight is 431 g/mol. The fraction of sp³-hybridized carbons (Fsp3) is 0.200. The van der Waals surface area contributed by atoms with Gasteiger partial charge < -0.3 is 25.5 Å². The van der Waals surface area contributed by atoms with E-state index in [4.69, 9.17) is 4.74 Å². The minimum Gasteiger partial charge on any atom is -0.497 e. The van der Waals surface area contributed by atoms with E-state index in [0.717, 1.165) is 27.9 Å². The number of ether oxygens (including phenoxy) is 1. The zero-order chi connectivity index (χ0) is 22.3. The number of carbonyl (C=O) groups is 1. The van der Waals surface area contributed by atoms with Gasteiger partial charge in [0.25, 0.3) is 0 Å². The zero-order valence-electron chi connectivity index (χ0n) is 17.8. The molecule has 7 nitrogen and oxygen atoms in total. The van der Waals surface area contributed by atoms with Crippen molar-refractivity contribution in [3.8, 4) is 5.75 Å². The van der Waals surface area contributed by atoms with Crippen LogP contribution in [-0.2, 0) is 6.42 Å². The third-order valence-electron chi connectivity index (χ3n) is 5.28. The van der Waals surface area contributed by atoms with Gasteiger partial charge in [0, 0.05) is 6.54 Å². The van der Waals surface area contributed by atoms with Gasteiger partial charge in [0.1, 0.15) is 11.6 Å². The van der Waals surface area contributed by atoms with Crippen LogP contribution in [0.5, 0.6) is 5.75 Å². The highest BCUT2D eigenvalue weighted by Gasteiger charge is 2.20. The van der Waals surface area contributed by atoms with Gasteiger partial charge in [-0.15, -0.1) is 0 Å². The lowest BCUT2D eigenvalue weighted by Crippen LogP contribution is -2.40. The van der Waals surface area contributed by atoms with Gasteiger partial charge in [0.15, 0.2) is 0 Å². The number of fused-ring (bicyclic) bond motifs is 1. The minimum absolute atomic E-state index is 0.102. The number of aromatic nitrogens is 2. The summed E-state index contributed by atoms with van der Waals surface area (Å²) in [5, 5.41) is 16.1. The van der Waals surface area contributed by atoms with Gasteiger partial charge >= 0.3 is 6.03 Å². The number of carbonyl (C=O) groups excluding carboxylic acids is 1. The lowest BCUT2D eigenvalue weighted by molar-refractivity contribution is 0.172. The van der Waals surface area contributed by atoms with Crippen molar-refractivity contribution in [2.24, 2.45) is 0 Å². The topological polar surface area (TPSA) is 99.3 Å². The van der Waals surface area contributed by atoms with E-state index in [9.17, 15) is 9.90 Å². The van der Waals surface area contributed by atoms with Crippen molar-refractivity contribution in [1.82, 2.24) is 20.6 Å². The summed E-state index contributed by atoms with van der Waals surface area (Å²) < 4.78 is 5.23. The van der Waals surface area contributed by atoms with E-state index in [1.165, 1.54) is 0 Å². The maximum Gasteiger partial charge on any atom is 0.315 e. The van der Waals surface area contributed by atoms with Crippen LogP contribution in [0.4, 0.5) is 4.79 Å². The minimum atomic E-state index is -0.784. The summed E-state index contributed by atoms with van der Waals surface area (Å²) in [6.45, 7) is 0.102. The van der Waals surface area contributed by atoms with Crippen LogP contribution in [0.15, 0.2) is 78.9 Å². The summed E-state index contributed by atoms with van der Waals surface area (Å²) in [5.74, 6) is 1.44.